The van der Waals surface area contributed by atoms with Crippen molar-refractivity contribution in [1.82, 2.24) is 0 Å². The average Bonchev–Trinajstić information content (AvgIpc) is 1.84. The zero-order chi connectivity index (χ0) is 9.78. The zero-order valence-corrected chi connectivity index (χ0v) is 8.09. The molecule has 0 fully saturated rings. The van der Waals surface area contributed by atoms with E-state index in [0.717, 1.165) is 6.29 Å². The molecule has 0 N–H and O–H groups in total. The van der Waals surface area contributed by atoms with E-state index in [2.05, 4.69) is 0 Å². The summed E-state index contributed by atoms with van der Waals surface area (Å²) < 4.78 is 5.05. The third-order valence-corrected chi connectivity index (χ3v) is 1.26. The Morgan fingerprint density at radius 1 is 1.50 bits per heavy atom. The molecule has 0 aliphatic rings. The molecule has 1 atom stereocenters. The van der Waals surface area contributed by atoms with Gasteiger partial charge in [0, 0.05) is 6.42 Å². The van der Waals surface area contributed by atoms with E-state index in [1.807, 2.05) is 0 Å². The van der Waals surface area contributed by atoms with Gasteiger partial charge in [0.05, 0.1) is 5.92 Å². The molecule has 0 amide bonds. The molecule has 0 aromatic carbocycles. The maximum absolute atomic E-state index is 11.2. The highest BCUT2D eigenvalue weighted by Crippen LogP contribution is 2.12. The summed E-state index contributed by atoms with van der Waals surface area (Å²) in [5.74, 6) is -0.642. The highest BCUT2D eigenvalue weighted by atomic mass is 16.6. The van der Waals surface area contributed by atoms with Gasteiger partial charge >= 0.3 is 5.97 Å². The highest BCUT2D eigenvalue weighted by Gasteiger charge is 2.20. The molecule has 0 aliphatic carbocycles. The van der Waals surface area contributed by atoms with Gasteiger partial charge in [-0.05, 0) is 20.8 Å². The van der Waals surface area contributed by atoms with E-state index in [1.54, 1.807) is 27.7 Å². The van der Waals surface area contributed by atoms with Gasteiger partial charge in [0.25, 0.3) is 0 Å². The van der Waals surface area contributed by atoms with Crippen LogP contribution in [0.4, 0.5) is 0 Å². The van der Waals surface area contributed by atoms with Crippen LogP contribution in [0.15, 0.2) is 0 Å². The van der Waals surface area contributed by atoms with Crippen molar-refractivity contribution in [2.45, 2.75) is 39.7 Å². The van der Waals surface area contributed by atoms with Gasteiger partial charge in [-0.15, -0.1) is 0 Å². The average molecular weight is 172 g/mol. The summed E-state index contributed by atoms with van der Waals surface area (Å²) in [7, 11) is 0. The summed E-state index contributed by atoms with van der Waals surface area (Å²) in [4.78, 5) is 21.2. The fourth-order valence-corrected chi connectivity index (χ4v) is 0.643. The second-order valence-electron chi connectivity index (χ2n) is 3.84. The zero-order valence-electron chi connectivity index (χ0n) is 8.09. The van der Waals surface area contributed by atoms with Gasteiger partial charge in [-0.3, -0.25) is 4.79 Å². The first kappa shape index (κ1) is 11.1. The Kier molecular flexibility index (Phi) is 3.93. The third kappa shape index (κ3) is 4.88. The Morgan fingerprint density at radius 3 is 2.33 bits per heavy atom. The van der Waals surface area contributed by atoms with Gasteiger partial charge in [0.2, 0.25) is 0 Å². The summed E-state index contributed by atoms with van der Waals surface area (Å²) in [6, 6.07) is 0. The van der Waals surface area contributed by atoms with Crippen molar-refractivity contribution < 1.29 is 14.3 Å². The van der Waals surface area contributed by atoms with Gasteiger partial charge in [-0.1, -0.05) is 6.92 Å². The maximum Gasteiger partial charge on any atom is 0.309 e. The number of ether oxygens (including phenoxy) is 1. The van der Waals surface area contributed by atoms with E-state index < -0.39 is 5.60 Å². The van der Waals surface area contributed by atoms with Crippen LogP contribution in [0.25, 0.3) is 0 Å². The molecule has 0 aliphatic heterocycles. The van der Waals surface area contributed by atoms with E-state index in [1.165, 1.54) is 0 Å². The quantitative estimate of drug-likeness (QED) is 0.479. The number of aldehydes is 1. The Bertz CT molecular complexity index is 167. The molecule has 3 nitrogen and oxygen atoms in total. The summed E-state index contributed by atoms with van der Waals surface area (Å²) in [6.45, 7) is 7.10. The van der Waals surface area contributed by atoms with Crippen molar-refractivity contribution >= 4 is 12.3 Å². The lowest BCUT2D eigenvalue weighted by atomic mass is 10.1. The number of rotatable bonds is 3. The van der Waals surface area contributed by atoms with Crippen LogP contribution >= 0.6 is 0 Å². The molecule has 3 heteroatoms. The monoisotopic (exact) mass is 172 g/mol. The van der Waals surface area contributed by atoms with Crippen molar-refractivity contribution in [3.8, 4) is 0 Å². The van der Waals surface area contributed by atoms with E-state index in [4.69, 9.17) is 4.74 Å². The topological polar surface area (TPSA) is 43.4 Å². The molecule has 0 aromatic heterocycles. The van der Waals surface area contributed by atoms with Crippen molar-refractivity contribution in [1.29, 1.82) is 0 Å². The van der Waals surface area contributed by atoms with Gasteiger partial charge in [-0.25, -0.2) is 0 Å². The normalized spacial score (nSPS) is 13.7. The Labute approximate surface area is 73.1 Å². The number of hydrogen-bond acceptors (Lipinski definition) is 3. The molecule has 0 bridgehead atoms. The van der Waals surface area contributed by atoms with Gasteiger partial charge in [0.1, 0.15) is 11.9 Å². The first-order valence-electron chi connectivity index (χ1n) is 4.03. The second-order valence-corrected chi connectivity index (χ2v) is 3.84. The molecule has 0 radical (unpaired) electrons. The van der Waals surface area contributed by atoms with Gasteiger partial charge < -0.3 is 9.53 Å². The van der Waals surface area contributed by atoms with Gasteiger partial charge in [-0.2, -0.15) is 0 Å². The summed E-state index contributed by atoms with van der Waals surface area (Å²) in [5, 5.41) is 0. The number of esters is 1. The molecule has 12 heavy (non-hydrogen) atoms. The van der Waals surface area contributed by atoms with Crippen LogP contribution in [0, 0.1) is 5.92 Å². The summed E-state index contributed by atoms with van der Waals surface area (Å²) in [6.07, 6.45) is 0.962. The SMILES string of the molecule is C[C@H](CC=O)C(=O)OC(C)(C)C. The van der Waals surface area contributed by atoms with E-state index in [-0.39, 0.29) is 18.3 Å². The highest BCUT2D eigenvalue weighted by molar-refractivity contribution is 5.75. The van der Waals surface area contributed by atoms with Gasteiger partial charge in [0.15, 0.2) is 0 Å². The maximum atomic E-state index is 11.2. The molecule has 70 valence electrons. The number of hydrogen-bond donors (Lipinski definition) is 0. The molecule has 0 rings (SSSR count). The van der Waals surface area contributed by atoms with E-state index in [9.17, 15) is 9.59 Å². The fourth-order valence-electron chi connectivity index (χ4n) is 0.643. The predicted octanol–water partition coefficient (Wildman–Crippen LogP) is 1.55. The second kappa shape index (κ2) is 4.24. The standard InChI is InChI=1S/C9H16O3/c1-7(5-6-10)8(11)12-9(2,3)4/h6-7H,5H2,1-4H3/t7-/m1/s1. The van der Waals surface area contributed by atoms with Crippen molar-refractivity contribution in [2.75, 3.05) is 0 Å². The molecule has 0 unspecified atom stereocenters. The van der Waals surface area contributed by atoms with E-state index in [0.29, 0.717) is 0 Å². The van der Waals surface area contributed by atoms with Crippen molar-refractivity contribution in [2.24, 2.45) is 5.92 Å². The number of carbonyl (C=O) groups excluding carboxylic acids is 2. The molecular formula is C9H16O3. The molecule has 0 heterocycles. The van der Waals surface area contributed by atoms with Crippen LogP contribution < -0.4 is 0 Å². The minimum Gasteiger partial charge on any atom is -0.460 e. The fraction of sp³-hybridized carbons (Fsp3) is 0.778. The molecule has 0 aromatic rings. The van der Waals surface area contributed by atoms with Crippen LogP contribution in [0.3, 0.4) is 0 Å². The summed E-state index contributed by atoms with van der Waals surface area (Å²) >= 11 is 0. The lowest BCUT2D eigenvalue weighted by Crippen LogP contribution is -2.27. The number of carbonyl (C=O) groups is 2. The van der Waals surface area contributed by atoms with Crippen LogP contribution in [-0.2, 0) is 14.3 Å². The van der Waals surface area contributed by atoms with E-state index >= 15 is 0 Å². The Hall–Kier alpha value is -0.860. The molecule has 0 saturated heterocycles. The smallest absolute Gasteiger partial charge is 0.309 e. The first-order valence-corrected chi connectivity index (χ1v) is 4.03. The van der Waals surface area contributed by atoms with Crippen LogP contribution in [-0.4, -0.2) is 17.9 Å². The first-order chi connectivity index (χ1) is 5.37. The largest absolute Gasteiger partial charge is 0.460 e. The van der Waals surface area contributed by atoms with Crippen LogP contribution in [0.2, 0.25) is 0 Å². The van der Waals surface area contributed by atoms with Crippen molar-refractivity contribution in [3.05, 3.63) is 0 Å². The minimum absolute atomic E-state index is 0.231. The lowest BCUT2D eigenvalue weighted by molar-refractivity contribution is -0.159. The molecule has 0 saturated carbocycles. The minimum atomic E-state index is -0.464. The van der Waals surface area contributed by atoms with Crippen LogP contribution in [0.5, 0.6) is 0 Å². The van der Waals surface area contributed by atoms with Crippen molar-refractivity contribution in [3.63, 3.8) is 0 Å². The predicted molar refractivity (Wildman–Crippen MR) is 45.7 cm³/mol. The molecular weight excluding hydrogens is 156 g/mol. The lowest BCUT2D eigenvalue weighted by Gasteiger charge is -2.21. The molecule has 0 spiro atoms. The third-order valence-electron chi connectivity index (χ3n) is 1.26. The summed E-state index contributed by atoms with van der Waals surface area (Å²) in [5.41, 5.74) is -0.464. The Morgan fingerprint density at radius 2 is 2.00 bits per heavy atom. The Balaban J connectivity index is 3.95. The van der Waals surface area contributed by atoms with Crippen LogP contribution in [0.1, 0.15) is 34.1 Å².